The quantitative estimate of drug-likeness (QED) is 0.577. The summed E-state index contributed by atoms with van der Waals surface area (Å²) in [5.41, 5.74) is 0. The lowest BCUT2D eigenvalue weighted by molar-refractivity contribution is 0.305. The Labute approximate surface area is 124 Å². The largest absolute Gasteiger partial charge is 0.491 e. The van der Waals surface area contributed by atoms with Crippen LogP contribution in [0.1, 0.15) is 26.7 Å². The van der Waals surface area contributed by atoms with Crippen LogP contribution in [0.15, 0.2) is 12.1 Å². The van der Waals surface area contributed by atoms with E-state index in [1.165, 1.54) is 6.42 Å². The average molecular weight is 311 g/mol. The van der Waals surface area contributed by atoms with Crippen molar-refractivity contribution in [3.63, 3.8) is 0 Å². The van der Waals surface area contributed by atoms with E-state index in [-0.39, 0.29) is 0 Å². The van der Waals surface area contributed by atoms with Crippen LogP contribution in [0.3, 0.4) is 0 Å². The van der Waals surface area contributed by atoms with E-state index in [0.717, 1.165) is 13.0 Å². The van der Waals surface area contributed by atoms with Crippen LogP contribution in [0.25, 0.3) is 0 Å². The number of hydrogen-bond donors (Lipinski definition) is 1. The average Bonchev–Trinajstić information content (AvgIpc) is 2.31. The predicted octanol–water partition coefficient (Wildman–Crippen LogP) is 4.80. The van der Waals surface area contributed by atoms with Crippen molar-refractivity contribution in [2.24, 2.45) is 0 Å². The van der Waals surface area contributed by atoms with E-state index in [0.29, 0.717) is 33.5 Å². The van der Waals surface area contributed by atoms with Gasteiger partial charge in [0.15, 0.2) is 0 Å². The molecule has 0 saturated carbocycles. The Morgan fingerprint density at radius 2 is 1.83 bits per heavy atom. The summed E-state index contributed by atoms with van der Waals surface area (Å²) in [6.07, 6.45) is 2.33. The molecule has 1 aromatic rings. The van der Waals surface area contributed by atoms with Crippen LogP contribution in [-0.4, -0.2) is 19.2 Å². The molecule has 0 aliphatic heterocycles. The van der Waals surface area contributed by atoms with E-state index in [1.54, 1.807) is 12.1 Å². The fourth-order valence-corrected chi connectivity index (χ4v) is 2.21. The monoisotopic (exact) mass is 309 g/mol. The van der Waals surface area contributed by atoms with Gasteiger partial charge in [0.25, 0.3) is 0 Å². The molecule has 0 fully saturated rings. The Morgan fingerprint density at radius 3 is 2.50 bits per heavy atom. The Morgan fingerprint density at radius 1 is 1.17 bits per heavy atom. The van der Waals surface area contributed by atoms with E-state index in [1.807, 2.05) is 0 Å². The molecule has 0 aliphatic rings. The summed E-state index contributed by atoms with van der Waals surface area (Å²) in [6, 6.07) is 3.73. The number of ether oxygens (including phenoxy) is 1. The third kappa shape index (κ3) is 5.23. The predicted molar refractivity (Wildman–Crippen MR) is 79.3 cm³/mol. The second-order valence-corrected chi connectivity index (χ2v) is 5.41. The number of hydrogen-bond acceptors (Lipinski definition) is 2. The SMILES string of the molecule is CCCC(C)NCCOc1cc(Cl)c(Cl)cc1Cl. The molecule has 0 saturated heterocycles. The van der Waals surface area contributed by atoms with E-state index >= 15 is 0 Å². The third-order valence-electron chi connectivity index (χ3n) is 2.55. The van der Waals surface area contributed by atoms with Gasteiger partial charge in [0.05, 0.1) is 15.1 Å². The number of nitrogens with one attached hydrogen (secondary N) is 1. The van der Waals surface area contributed by atoms with Gasteiger partial charge in [-0.1, -0.05) is 48.1 Å². The summed E-state index contributed by atoms with van der Waals surface area (Å²) < 4.78 is 5.56. The Hall–Kier alpha value is -0.150. The van der Waals surface area contributed by atoms with Crippen LogP contribution >= 0.6 is 34.8 Å². The van der Waals surface area contributed by atoms with Crippen LogP contribution < -0.4 is 10.1 Å². The highest BCUT2D eigenvalue weighted by Gasteiger charge is 2.07. The van der Waals surface area contributed by atoms with Gasteiger partial charge in [0, 0.05) is 18.7 Å². The molecule has 2 nitrogen and oxygen atoms in total. The zero-order valence-corrected chi connectivity index (χ0v) is 12.9. The van der Waals surface area contributed by atoms with Gasteiger partial charge in [-0.3, -0.25) is 0 Å². The van der Waals surface area contributed by atoms with Crippen molar-refractivity contribution in [3.05, 3.63) is 27.2 Å². The van der Waals surface area contributed by atoms with Crippen molar-refractivity contribution in [1.29, 1.82) is 0 Å². The van der Waals surface area contributed by atoms with Gasteiger partial charge in [-0.25, -0.2) is 0 Å². The maximum atomic E-state index is 6.00. The summed E-state index contributed by atoms with van der Waals surface area (Å²) in [4.78, 5) is 0. The summed E-state index contributed by atoms with van der Waals surface area (Å²) in [5, 5.41) is 4.73. The molecule has 18 heavy (non-hydrogen) atoms. The highest BCUT2D eigenvalue weighted by atomic mass is 35.5. The lowest BCUT2D eigenvalue weighted by Crippen LogP contribution is -2.29. The molecule has 102 valence electrons. The fraction of sp³-hybridized carbons (Fsp3) is 0.538. The number of benzene rings is 1. The molecule has 0 aromatic heterocycles. The van der Waals surface area contributed by atoms with Crippen LogP contribution in [0.4, 0.5) is 0 Å². The number of rotatable bonds is 7. The molecule has 0 spiro atoms. The first-order valence-corrected chi connectivity index (χ1v) is 7.18. The maximum Gasteiger partial charge on any atom is 0.139 e. The topological polar surface area (TPSA) is 21.3 Å². The molecule has 1 N–H and O–H groups in total. The van der Waals surface area contributed by atoms with Crippen molar-refractivity contribution in [1.82, 2.24) is 5.32 Å². The molecule has 5 heteroatoms. The zero-order valence-electron chi connectivity index (χ0n) is 10.6. The standard InChI is InChI=1S/C13H18Cl3NO/c1-3-4-9(2)17-5-6-18-13-8-11(15)10(14)7-12(13)16/h7-9,17H,3-6H2,1-2H3. The normalized spacial score (nSPS) is 12.5. The van der Waals surface area contributed by atoms with E-state index in [4.69, 9.17) is 39.5 Å². The maximum absolute atomic E-state index is 6.00. The molecule has 1 unspecified atom stereocenters. The Bertz CT molecular complexity index is 385. The first kappa shape index (κ1) is 15.9. The lowest BCUT2D eigenvalue weighted by Gasteiger charge is -2.14. The Kier molecular flexibility index (Phi) is 7.16. The summed E-state index contributed by atoms with van der Waals surface area (Å²) in [7, 11) is 0. The van der Waals surface area contributed by atoms with Crippen molar-refractivity contribution in [2.75, 3.05) is 13.2 Å². The van der Waals surface area contributed by atoms with Crippen LogP contribution in [-0.2, 0) is 0 Å². The fourth-order valence-electron chi connectivity index (χ4n) is 1.62. The van der Waals surface area contributed by atoms with Crippen molar-refractivity contribution in [2.45, 2.75) is 32.7 Å². The van der Waals surface area contributed by atoms with E-state index < -0.39 is 0 Å². The summed E-state index contributed by atoms with van der Waals surface area (Å²) >= 11 is 17.7. The molecule has 1 rings (SSSR count). The van der Waals surface area contributed by atoms with Gasteiger partial charge in [-0.05, 0) is 19.4 Å². The molecule has 1 atom stereocenters. The lowest BCUT2D eigenvalue weighted by atomic mass is 10.2. The van der Waals surface area contributed by atoms with Crippen molar-refractivity contribution in [3.8, 4) is 5.75 Å². The molecule has 0 aliphatic carbocycles. The molecular formula is C13H18Cl3NO. The Balaban J connectivity index is 2.38. The van der Waals surface area contributed by atoms with Gasteiger partial charge in [0.1, 0.15) is 12.4 Å². The second kappa shape index (κ2) is 8.11. The second-order valence-electron chi connectivity index (χ2n) is 4.19. The van der Waals surface area contributed by atoms with Crippen molar-refractivity contribution < 1.29 is 4.74 Å². The molecule has 0 heterocycles. The molecule has 0 amide bonds. The third-order valence-corrected chi connectivity index (χ3v) is 3.57. The minimum atomic E-state index is 0.434. The smallest absolute Gasteiger partial charge is 0.139 e. The first-order valence-electron chi connectivity index (χ1n) is 6.05. The molecule has 0 radical (unpaired) electrons. The molecular weight excluding hydrogens is 293 g/mol. The van der Waals surface area contributed by atoms with E-state index in [9.17, 15) is 0 Å². The van der Waals surface area contributed by atoms with Crippen LogP contribution in [0.5, 0.6) is 5.75 Å². The molecule has 0 bridgehead atoms. The van der Waals surface area contributed by atoms with E-state index in [2.05, 4.69) is 19.2 Å². The van der Waals surface area contributed by atoms with Gasteiger partial charge in [0.2, 0.25) is 0 Å². The van der Waals surface area contributed by atoms with Gasteiger partial charge in [-0.15, -0.1) is 0 Å². The highest BCUT2D eigenvalue weighted by Crippen LogP contribution is 2.33. The summed E-state index contributed by atoms with van der Waals surface area (Å²) in [6.45, 7) is 5.66. The summed E-state index contributed by atoms with van der Waals surface area (Å²) in [5.74, 6) is 0.566. The van der Waals surface area contributed by atoms with Crippen LogP contribution in [0, 0.1) is 0 Å². The minimum absolute atomic E-state index is 0.434. The van der Waals surface area contributed by atoms with Crippen molar-refractivity contribution >= 4 is 34.8 Å². The van der Waals surface area contributed by atoms with Crippen LogP contribution in [0.2, 0.25) is 15.1 Å². The molecule has 1 aromatic carbocycles. The zero-order chi connectivity index (χ0) is 13.5. The minimum Gasteiger partial charge on any atom is -0.491 e. The first-order chi connectivity index (χ1) is 8.54. The van der Waals surface area contributed by atoms with Gasteiger partial charge in [-0.2, -0.15) is 0 Å². The highest BCUT2D eigenvalue weighted by molar-refractivity contribution is 6.43. The van der Waals surface area contributed by atoms with Gasteiger partial charge >= 0.3 is 0 Å². The number of halogens is 3. The van der Waals surface area contributed by atoms with Gasteiger partial charge < -0.3 is 10.1 Å².